The molecule has 1 aliphatic rings. The fourth-order valence-corrected chi connectivity index (χ4v) is 5.43. The van der Waals surface area contributed by atoms with Crippen LogP contribution in [0.15, 0.2) is 47.4 Å². The second-order valence-electron chi connectivity index (χ2n) is 7.36. The van der Waals surface area contributed by atoms with E-state index in [9.17, 15) is 4.79 Å². The molecule has 30 heavy (non-hydrogen) atoms. The number of thiazole rings is 1. The molecule has 0 unspecified atom stereocenters. The monoisotopic (exact) mass is 460 g/mol. The molecule has 8 heteroatoms. The Kier molecular flexibility index (Phi) is 7.15. The Hall–Kier alpha value is -1.80. The van der Waals surface area contributed by atoms with Crippen molar-refractivity contribution in [2.75, 3.05) is 49.9 Å². The largest absolute Gasteiger partial charge is 0.354 e. The van der Waals surface area contributed by atoms with Gasteiger partial charge in [-0.1, -0.05) is 46.7 Å². The molecule has 1 fully saturated rings. The zero-order valence-electron chi connectivity index (χ0n) is 16.9. The summed E-state index contributed by atoms with van der Waals surface area (Å²) in [5.41, 5.74) is 2.13. The number of carbonyl (C=O) groups excluding carboxylic acids is 1. The van der Waals surface area contributed by atoms with E-state index < -0.39 is 0 Å². The number of nitrogens with zero attached hydrogens (tertiary/aromatic N) is 3. The van der Waals surface area contributed by atoms with Gasteiger partial charge >= 0.3 is 0 Å². The van der Waals surface area contributed by atoms with Crippen LogP contribution in [0, 0.1) is 6.92 Å². The first kappa shape index (κ1) is 21.4. The van der Waals surface area contributed by atoms with Crippen LogP contribution in [0.5, 0.6) is 0 Å². The van der Waals surface area contributed by atoms with Gasteiger partial charge in [0.2, 0.25) is 5.91 Å². The Balaban J connectivity index is 1.17. The number of thioether (sulfide) groups is 1. The lowest BCUT2D eigenvalue weighted by Gasteiger charge is -2.34. The van der Waals surface area contributed by atoms with Crippen molar-refractivity contribution in [2.45, 2.75) is 11.8 Å². The molecule has 3 aromatic rings. The SMILES string of the molecule is Cc1ccc(SCC(=O)NCCN2CCN(c3nc4c(Cl)cccc4s3)CC2)cc1. The van der Waals surface area contributed by atoms with Gasteiger partial charge in [-0.05, 0) is 31.2 Å². The van der Waals surface area contributed by atoms with Crippen LogP contribution >= 0.6 is 34.7 Å². The van der Waals surface area contributed by atoms with Crippen LogP contribution in [0.25, 0.3) is 10.2 Å². The Bertz CT molecular complexity index is 1000. The molecule has 2 aromatic carbocycles. The first-order chi connectivity index (χ1) is 14.6. The zero-order chi connectivity index (χ0) is 20.9. The van der Waals surface area contributed by atoms with E-state index in [1.54, 1.807) is 23.1 Å². The number of halogens is 1. The highest BCUT2D eigenvalue weighted by atomic mass is 35.5. The fraction of sp³-hybridized carbons (Fsp3) is 0.364. The van der Waals surface area contributed by atoms with E-state index >= 15 is 0 Å². The third kappa shape index (κ3) is 5.46. The first-order valence-corrected chi connectivity index (χ1v) is 12.2. The lowest BCUT2D eigenvalue weighted by Crippen LogP contribution is -2.48. The van der Waals surface area contributed by atoms with E-state index in [2.05, 4.69) is 52.4 Å². The van der Waals surface area contributed by atoms with Gasteiger partial charge in [-0.25, -0.2) is 4.98 Å². The summed E-state index contributed by atoms with van der Waals surface area (Å²) in [6.45, 7) is 7.44. The Morgan fingerprint density at radius 3 is 2.67 bits per heavy atom. The van der Waals surface area contributed by atoms with Crippen molar-refractivity contribution in [3.05, 3.63) is 53.1 Å². The molecule has 0 bridgehead atoms. The molecule has 1 saturated heterocycles. The van der Waals surface area contributed by atoms with Crippen molar-refractivity contribution in [1.82, 2.24) is 15.2 Å². The lowest BCUT2D eigenvalue weighted by molar-refractivity contribution is -0.118. The summed E-state index contributed by atoms with van der Waals surface area (Å²) in [5.74, 6) is 0.544. The molecule has 0 aliphatic carbocycles. The topological polar surface area (TPSA) is 48.5 Å². The normalized spacial score (nSPS) is 14.9. The zero-order valence-corrected chi connectivity index (χ0v) is 19.3. The number of benzene rings is 2. The second-order valence-corrected chi connectivity index (χ2v) is 9.83. The molecule has 1 N–H and O–H groups in total. The third-order valence-corrected chi connectivity index (χ3v) is 7.54. The summed E-state index contributed by atoms with van der Waals surface area (Å²) in [4.78, 5) is 22.7. The predicted molar refractivity (Wildman–Crippen MR) is 128 cm³/mol. The van der Waals surface area contributed by atoms with Gasteiger partial charge in [0.05, 0.1) is 15.5 Å². The molecule has 0 spiro atoms. The van der Waals surface area contributed by atoms with Crippen molar-refractivity contribution in [1.29, 1.82) is 0 Å². The van der Waals surface area contributed by atoms with Gasteiger partial charge < -0.3 is 10.2 Å². The van der Waals surface area contributed by atoms with Gasteiger partial charge in [0.25, 0.3) is 0 Å². The number of rotatable bonds is 7. The number of anilines is 1. The first-order valence-electron chi connectivity index (χ1n) is 10.1. The van der Waals surface area contributed by atoms with Gasteiger partial charge in [0.15, 0.2) is 5.13 Å². The maximum atomic E-state index is 12.1. The summed E-state index contributed by atoms with van der Waals surface area (Å²) in [6.07, 6.45) is 0. The number of hydrogen-bond donors (Lipinski definition) is 1. The molecule has 1 aliphatic heterocycles. The van der Waals surface area contributed by atoms with Crippen molar-refractivity contribution in [2.24, 2.45) is 0 Å². The van der Waals surface area contributed by atoms with Crippen molar-refractivity contribution >= 4 is 56.0 Å². The van der Waals surface area contributed by atoms with E-state index in [0.717, 1.165) is 53.0 Å². The summed E-state index contributed by atoms with van der Waals surface area (Å²) >= 11 is 9.53. The van der Waals surface area contributed by atoms with E-state index in [4.69, 9.17) is 16.6 Å². The fourth-order valence-electron chi connectivity index (χ4n) is 3.39. The Morgan fingerprint density at radius 2 is 1.93 bits per heavy atom. The van der Waals surface area contributed by atoms with E-state index in [1.165, 1.54) is 5.56 Å². The van der Waals surface area contributed by atoms with Gasteiger partial charge in [0, 0.05) is 44.2 Å². The number of para-hydroxylation sites is 1. The molecule has 0 radical (unpaired) electrons. The van der Waals surface area contributed by atoms with Crippen LogP contribution in [0.1, 0.15) is 5.56 Å². The molecule has 0 atom stereocenters. The van der Waals surface area contributed by atoms with Crippen LogP contribution in [-0.4, -0.2) is 60.8 Å². The van der Waals surface area contributed by atoms with Crippen molar-refractivity contribution in [3.63, 3.8) is 0 Å². The minimum atomic E-state index is 0.0885. The standard InChI is InChI=1S/C22H25ClN4OS2/c1-16-5-7-17(8-6-16)29-15-20(28)24-9-10-26-11-13-27(14-12-26)22-25-21-18(23)3-2-4-19(21)30-22/h2-8H,9-15H2,1H3,(H,24,28). The van der Waals surface area contributed by atoms with Crippen LogP contribution in [0.3, 0.4) is 0 Å². The van der Waals surface area contributed by atoms with E-state index in [-0.39, 0.29) is 5.91 Å². The van der Waals surface area contributed by atoms with Gasteiger partial charge in [-0.15, -0.1) is 11.8 Å². The number of nitrogens with one attached hydrogen (secondary N) is 1. The highest BCUT2D eigenvalue weighted by Crippen LogP contribution is 2.33. The highest BCUT2D eigenvalue weighted by molar-refractivity contribution is 8.00. The molecule has 2 heterocycles. The number of amides is 1. The number of aryl methyl sites for hydroxylation is 1. The molecule has 0 saturated carbocycles. The van der Waals surface area contributed by atoms with Gasteiger partial charge in [-0.3, -0.25) is 9.69 Å². The number of aromatic nitrogens is 1. The number of carbonyl (C=O) groups is 1. The molecule has 4 rings (SSSR count). The van der Waals surface area contributed by atoms with Crippen LogP contribution in [-0.2, 0) is 4.79 Å². The molecule has 5 nitrogen and oxygen atoms in total. The van der Waals surface area contributed by atoms with E-state index in [1.807, 2.05) is 12.1 Å². The van der Waals surface area contributed by atoms with Crippen LogP contribution < -0.4 is 10.2 Å². The minimum Gasteiger partial charge on any atom is -0.354 e. The number of piperazine rings is 1. The number of fused-ring (bicyclic) bond motifs is 1. The summed E-state index contributed by atoms with van der Waals surface area (Å²) < 4.78 is 1.13. The van der Waals surface area contributed by atoms with Gasteiger partial charge in [-0.2, -0.15) is 0 Å². The summed E-state index contributed by atoms with van der Waals surface area (Å²) in [7, 11) is 0. The lowest BCUT2D eigenvalue weighted by atomic mass is 10.2. The maximum Gasteiger partial charge on any atom is 0.230 e. The highest BCUT2D eigenvalue weighted by Gasteiger charge is 2.20. The number of hydrogen-bond acceptors (Lipinski definition) is 6. The van der Waals surface area contributed by atoms with E-state index in [0.29, 0.717) is 17.3 Å². The maximum absolute atomic E-state index is 12.1. The minimum absolute atomic E-state index is 0.0885. The molecular formula is C22H25ClN4OS2. The van der Waals surface area contributed by atoms with Crippen molar-refractivity contribution < 1.29 is 4.79 Å². The smallest absolute Gasteiger partial charge is 0.230 e. The molecular weight excluding hydrogens is 436 g/mol. The second kappa shape index (κ2) is 10.0. The summed E-state index contributed by atoms with van der Waals surface area (Å²) in [5, 5.41) is 4.79. The molecule has 1 aromatic heterocycles. The Labute approximate surface area is 190 Å². The Morgan fingerprint density at radius 1 is 1.17 bits per heavy atom. The average molecular weight is 461 g/mol. The quantitative estimate of drug-likeness (QED) is 0.533. The third-order valence-electron chi connectivity index (χ3n) is 5.14. The summed E-state index contributed by atoms with van der Waals surface area (Å²) in [6, 6.07) is 14.2. The van der Waals surface area contributed by atoms with Crippen LogP contribution in [0.2, 0.25) is 5.02 Å². The van der Waals surface area contributed by atoms with Crippen molar-refractivity contribution in [3.8, 4) is 0 Å². The average Bonchev–Trinajstić information content (AvgIpc) is 3.20. The predicted octanol–water partition coefficient (Wildman–Crippen LogP) is 4.29. The molecule has 1 amide bonds. The molecule has 158 valence electrons. The van der Waals surface area contributed by atoms with Crippen LogP contribution in [0.4, 0.5) is 5.13 Å². The van der Waals surface area contributed by atoms with Gasteiger partial charge in [0.1, 0.15) is 5.52 Å².